The van der Waals surface area contributed by atoms with Crippen LogP contribution < -0.4 is 0 Å². The minimum atomic E-state index is 0.278. The fourth-order valence-electron chi connectivity index (χ4n) is 3.68. The number of aromatic hydroxyl groups is 1. The molecule has 0 spiro atoms. The lowest BCUT2D eigenvalue weighted by Gasteiger charge is -2.30. The maximum absolute atomic E-state index is 10.8. The van der Waals surface area contributed by atoms with Gasteiger partial charge in [-0.05, 0) is 56.1 Å². The first-order valence-electron chi connectivity index (χ1n) is 8.91. The van der Waals surface area contributed by atoms with E-state index in [1.54, 1.807) is 4.68 Å². The summed E-state index contributed by atoms with van der Waals surface area (Å²) in [7, 11) is 2.17. The topological polar surface area (TPSA) is 41.3 Å². The summed E-state index contributed by atoms with van der Waals surface area (Å²) in [5.74, 6) is 0.278. The Labute approximate surface area is 162 Å². The summed E-state index contributed by atoms with van der Waals surface area (Å²) in [5, 5.41) is 15.4. The lowest BCUT2D eigenvalue weighted by molar-refractivity contribution is 0.212. The van der Waals surface area contributed by atoms with Gasteiger partial charge >= 0.3 is 0 Å². The predicted octanol–water partition coefficient (Wildman–Crippen LogP) is 4.33. The summed E-state index contributed by atoms with van der Waals surface area (Å²) in [5.41, 5.74) is 4.21. The fourth-order valence-corrected chi connectivity index (χ4v) is 3.94. The zero-order chi connectivity index (χ0) is 18.1. The van der Waals surface area contributed by atoms with Crippen molar-refractivity contribution in [1.82, 2.24) is 14.7 Å². The van der Waals surface area contributed by atoms with E-state index in [0.29, 0.717) is 6.04 Å². The maximum atomic E-state index is 10.8. The highest BCUT2D eigenvalue weighted by atomic mass is 79.9. The molecule has 1 aliphatic rings. The second-order valence-electron chi connectivity index (χ2n) is 6.93. The van der Waals surface area contributed by atoms with Crippen molar-refractivity contribution < 1.29 is 5.11 Å². The molecule has 1 aliphatic carbocycles. The van der Waals surface area contributed by atoms with Crippen molar-refractivity contribution in [2.45, 2.75) is 31.8 Å². The largest absolute Gasteiger partial charge is 0.493 e. The Morgan fingerprint density at radius 3 is 2.62 bits per heavy atom. The summed E-state index contributed by atoms with van der Waals surface area (Å²) in [4.78, 5) is 2.38. The molecule has 1 atom stereocenters. The van der Waals surface area contributed by atoms with Crippen molar-refractivity contribution in [2.24, 2.45) is 0 Å². The normalized spacial score (nSPS) is 16.7. The fraction of sp³-hybridized carbons (Fsp3) is 0.286. The highest BCUT2D eigenvalue weighted by Gasteiger charge is 2.28. The summed E-state index contributed by atoms with van der Waals surface area (Å²) < 4.78 is 2.68. The number of rotatable bonds is 4. The van der Waals surface area contributed by atoms with Crippen LogP contribution in [0.5, 0.6) is 5.88 Å². The quantitative estimate of drug-likeness (QED) is 0.694. The third kappa shape index (κ3) is 3.41. The molecule has 1 aromatic heterocycles. The number of fused-ring (bicyclic) bond motifs is 1. The predicted molar refractivity (Wildman–Crippen MR) is 107 cm³/mol. The SMILES string of the molecule is CN(Cc1ccccc1)C1CCc2nn(-c3ccc(Br)cc3)c(O)c2C1. The molecule has 0 amide bonds. The highest BCUT2D eigenvalue weighted by Crippen LogP contribution is 2.33. The lowest BCUT2D eigenvalue weighted by atomic mass is 9.92. The summed E-state index contributed by atoms with van der Waals surface area (Å²) in [6.07, 6.45) is 2.80. The Bertz CT molecular complexity index is 890. The first-order valence-corrected chi connectivity index (χ1v) is 9.71. The average Bonchev–Trinajstić information content (AvgIpc) is 2.99. The number of hydrogen-bond donors (Lipinski definition) is 1. The Balaban J connectivity index is 1.54. The number of nitrogens with zero attached hydrogens (tertiary/aromatic N) is 3. The number of halogens is 1. The van der Waals surface area contributed by atoms with Gasteiger partial charge in [-0.25, -0.2) is 4.68 Å². The van der Waals surface area contributed by atoms with Crippen LogP contribution in [0.2, 0.25) is 0 Å². The van der Waals surface area contributed by atoms with Crippen molar-refractivity contribution in [3.05, 3.63) is 75.9 Å². The Kier molecular flexibility index (Phi) is 4.83. The Morgan fingerprint density at radius 2 is 1.88 bits per heavy atom. The molecule has 0 saturated heterocycles. The van der Waals surface area contributed by atoms with E-state index in [4.69, 9.17) is 0 Å². The number of aromatic nitrogens is 2. The molecule has 26 heavy (non-hydrogen) atoms. The zero-order valence-electron chi connectivity index (χ0n) is 14.8. The van der Waals surface area contributed by atoms with Crippen LogP contribution in [0.15, 0.2) is 59.1 Å². The molecule has 1 unspecified atom stereocenters. The van der Waals surface area contributed by atoms with Gasteiger partial charge in [0.2, 0.25) is 5.88 Å². The van der Waals surface area contributed by atoms with Gasteiger partial charge in [0, 0.05) is 22.6 Å². The van der Waals surface area contributed by atoms with E-state index in [9.17, 15) is 5.11 Å². The highest BCUT2D eigenvalue weighted by molar-refractivity contribution is 9.10. The molecule has 1 heterocycles. The molecule has 1 N–H and O–H groups in total. The van der Waals surface area contributed by atoms with Gasteiger partial charge in [0.05, 0.1) is 11.4 Å². The van der Waals surface area contributed by atoms with E-state index in [-0.39, 0.29) is 5.88 Å². The van der Waals surface area contributed by atoms with E-state index in [1.807, 2.05) is 30.3 Å². The summed E-state index contributed by atoms with van der Waals surface area (Å²) in [6.45, 7) is 0.919. The second kappa shape index (κ2) is 7.25. The zero-order valence-corrected chi connectivity index (χ0v) is 16.4. The van der Waals surface area contributed by atoms with Crippen molar-refractivity contribution >= 4 is 15.9 Å². The van der Waals surface area contributed by atoms with Gasteiger partial charge in [0.25, 0.3) is 0 Å². The number of likely N-dealkylation sites (N-methyl/N-ethyl adjacent to an activating group) is 1. The third-order valence-corrected chi connectivity index (χ3v) is 5.69. The molecular weight excluding hydrogens is 390 g/mol. The van der Waals surface area contributed by atoms with Crippen LogP contribution in [0.1, 0.15) is 23.2 Å². The van der Waals surface area contributed by atoms with Crippen LogP contribution in [0, 0.1) is 0 Å². The minimum Gasteiger partial charge on any atom is -0.493 e. The summed E-state index contributed by atoms with van der Waals surface area (Å²) in [6, 6.07) is 18.8. The van der Waals surface area contributed by atoms with E-state index >= 15 is 0 Å². The van der Waals surface area contributed by atoms with Gasteiger partial charge in [-0.1, -0.05) is 46.3 Å². The molecule has 5 heteroatoms. The van der Waals surface area contributed by atoms with Gasteiger partial charge in [-0.2, -0.15) is 5.10 Å². The Hall–Kier alpha value is -2.11. The van der Waals surface area contributed by atoms with Gasteiger partial charge < -0.3 is 5.11 Å². The first kappa shape index (κ1) is 17.3. The maximum Gasteiger partial charge on any atom is 0.217 e. The second-order valence-corrected chi connectivity index (χ2v) is 7.85. The van der Waals surface area contributed by atoms with Crippen molar-refractivity contribution in [1.29, 1.82) is 0 Å². The van der Waals surface area contributed by atoms with Crippen LogP contribution in [0.3, 0.4) is 0 Å². The number of benzene rings is 2. The molecule has 134 valence electrons. The standard InChI is InChI=1S/C21H22BrN3O/c1-24(14-15-5-3-2-4-6-15)18-11-12-20-19(13-18)21(26)25(23-20)17-9-7-16(22)8-10-17/h2-10,18,26H,11-14H2,1H3. The summed E-state index contributed by atoms with van der Waals surface area (Å²) >= 11 is 3.45. The van der Waals surface area contributed by atoms with E-state index < -0.39 is 0 Å². The van der Waals surface area contributed by atoms with Crippen LogP contribution >= 0.6 is 15.9 Å². The Morgan fingerprint density at radius 1 is 1.15 bits per heavy atom. The number of hydrogen-bond acceptors (Lipinski definition) is 3. The van der Waals surface area contributed by atoms with Gasteiger partial charge in [0.1, 0.15) is 0 Å². The van der Waals surface area contributed by atoms with Gasteiger partial charge in [-0.15, -0.1) is 0 Å². The minimum absolute atomic E-state index is 0.278. The third-order valence-electron chi connectivity index (χ3n) is 5.16. The number of aryl methyl sites for hydroxylation is 1. The molecule has 0 bridgehead atoms. The molecule has 0 fully saturated rings. The molecule has 4 nitrogen and oxygen atoms in total. The van der Waals surface area contributed by atoms with E-state index in [2.05, 4.69) is 57.2 Å². The van der Waals surface area contributed by atoms with Gasteiger partial charge in [0.15, 0.2) is 0 Å². The first-order chi connectivity index (χ1) is 12.6. The van der Waals surface area contributed by atoms with Gasteiger partial charge in [-0.3, -0.25) is 4.90 Å². The van der Waals surface area contributed by atoms with Crippen LogP contribution in [-0.2, 0) is 19.4 Å². The smallest absolute Gasteiger partial charge is 0.217 e. The molecule has 3 aromatic rings. The molecular formula is C21H22BrN3O. The molecule has 4 rings (SSSR count). The molecule has 0 aliphatic heterocycles. The van der Waals surface area contributed by atoms with E-state index in [0.717, 1.165) is 47.2 Å². The average molecular weight is 412 g/mol. The monoisotopic (exact) mass is 411 g/mol. The van der Waals surface area contributed by atoms with Crippen LogP contribution in [-0.4, -0.2) is 32.9 Å². The van der Waals surface area contributed by atoms with Crippen molar-refractivity contribution in [3.8, 4) is 11.6 Å². The van der Waals surface area contributed by atoms with Crippen molar-refractivity contribution in [3.63, 3.8) is 0 Å². The van der Waals surface area contributed by atoms with Crippen LogP contribution in [0.4, 0.5) is 0 Å². The molecule has 0 saturated carbocycles. The van der Waals surface area contributed by atoms with Crippen LogP contribution in [0.25, 0.3) is 5.69 Å². The lowest BCUT2D eigenvalue weighted by Crippen LogP contribution is -2.35. The molecule has 2 aromatic carbocycles. The van der Waals surface area contributed by atoms with Crippen molar-refractivity contribution in [2.75, 3.05) is 7.05 Å². The van der Waals surface area contributed by atoms with E-state index in [1.165, 1.54) is 5.56 Å². The molecule has 0 radical (unpaired) electrons.